The number of carbonyl (C=O) groups excluding carboxylic acids is 1. The van der Waals surface area contributed by atoms with Crippen molar-refractivity contribution < 1.29 is 9.21 Å². The molecule has 1 amide bonds. The lowest BCUT2D eigenvalue weighted by Gasteiger charge is -2.09. The predicted octanol–water partition coefficient (Wildman–Crippen LogP) is 4.74. The molecule has 29 heavy (non-hydrogen) atoms. The lowest BCUT2D eigenvalue weighted by Crippen LogP contribution is -2.22. The van der Waals surface area contributed by atoms with Gasteiger partial charge in [0.15, 0.2) is 5.76 Å². The molecular formula is C23H16N4O2. The van der Waals surface area contributed by atoms with Crippen LogP contribution in [0.4, 0.5) is 0 Å². The van der Waals surface area contributed by atoms with Crippen molar-refractivity contribution in [2.45, 2.75) is 0 Å². The van der Waals surface area contributed by atoms with Crippen LogP contribution in [0.1, 0.15) is 10.4 Å². The van der Waals surface area contributed by atoms with Crippen LogP contribution in [0.5, 0.6) is 0 Å². The van der Waals surface area contributed by atoms with Gasteiger partial charge in [-0.25, -0.2) is 14.6 Å². The number of fused-ring (bicyclic) bond motifs is 1. The molecule has 5 aromatic rings. The Morgan fingerprint density at radius 3 is 2.52 bits per heavy atom. The van der Waals surface area contributed by atoms with Crippen molar-refractivity contribution in [2.75, 3.05) is 5.43 Å². The molecular weight excluding hydrogens is 364 g/mol. The van der Waals surface area contributed by atoms with Crippen LogP contribution in [0.15, 0.2) is 95.8 Å². The van der Waals surface area contributed by atoms with Crippen molar-refractivity contribution >= 4 is 16.9 Å². The van der Waals surface area contributed by atoms with E-state index in [9.17, 15) is 4.79 Å². The molecule has 3 aromatic carbocycles. The average Bonchev–Trinajstić information content (AvgIpc) is 3.42. The molecule has 0 saturated heterocycles. The summed E-state index contributed by atoms with van der Waals surface area (Å²) in [6.07, 6.45) is 3.26. The summed E-state index contributed by atoms with van der Waals surface area (Å²) in [7, 11) is 0. The molecule has 0 saturated carbocycles. The minimum Gasteiger partial charge on any atom is -0.436 e. The molecule has 0 radical (unpaired) electrons. The number of oxazole rings is 1. The van der Waals surface area contributed by atoms with Crippen molar-refractivity contribution in [3.8, 4) is 22.8 Å². The summed E-state index contributed by atoms with van der Waals surface area (Å²) in [5.74, 6) is 0.768. The first-order valence-corrected chi connectivity index (χ1v) is 9.14. The zero-order valence-corrected chi connectivity index (χ0v) is 15.3. The van der Waals surface area contributed by atoms with E-state index in [-0.39, 0.29) is 5.91 Å². The van der Waals surface area contributed by atoms with Gasteiger partial charge in [0, 0.05) is 11.1 Å². The second kappa shape index (κ2) is 7.09. The summed E-state index contributed by atoms with van der Waals surface area (Å²) < 4.78 is 7.55. The number of hydrogen-bond donors (Lipinski definition) is 1. The van der Waals surface area contributed by atoms with Crippen molar-refractivity contribution in [1.82, 2.24) is 14.6 Å². The highest BCUT2D eigenvalue weighted by atomic mass is 16.4. The van der Waals surface area contributed by atoms with E-state index in [0.29, 0.717) is 22.8 Å². The van der Waals surface area contributed by atoms with Gasteiger partial charge in [-0.3, -0.25) is 10.2 Å². The van der Waals surface area contributed by atoms with E-state index >= 15 is 0 Å². The molecule has 0 aliphatic carbocycles. The second-order valence-corrected chi connectivity index (χ2v) is 6.49. The summed E-state index contributed by atoms with van der Waals surface area (Å²) in [4.78, 5) is 21.7. The number of nitrogens with zero attached hydrogens (tertiary/aromatic N) is 3. The number of aromatic nitrogens is 3. The third-order valence-electron chi connectivity index (χ3n) is 4.64. The fourth-order valence-corrected chi connectivity index (χ4v) is 3.22. The molecule has 0 unspecified atom stereocenters. The fourth-order valence-electron chi connectivity index (χ4n) is 3.22. The third-order valence-corrected chi connectivity index (χ3v) is 4.64. The Labute approximate surface area is 166 Å². The Hall–Kier alpha value is -4.19. The topological polar surface area (TPSA) is 73.0 Å². The molecule has 5 rings (SSSR count). The molecule has 2 heterocycles. The van der Waals surface area contributed by atoms with E-state index in [1.165, 1.54) is 0 Å². The quantitative estimate of drug-likeness (QED) is 0.489. The Kier molecular flexibility index (Phi) is 4.14. The number of imidazole rings is 1. The molecule has 0 fully saturated rings. The smallest absolute Gasteiger partial charge is 0.270 e. The zero-order chi connectivity index (χ0) is 19.6. The van der Waals surface area contributed by atoms with Gasteiger partial charge in [0.2, 0.25) is 5.89 Å². The lowest BCUT2D eigenvalue weighted by molar-refractivity contribution is 0.101. The number of hydrogen-bond acceptors (Lipinski definition) is 4. The fraction of sp³-hybridized carbons (Fsp3) is 0. The number of benzene rings is 3. The van der Waals surface area contributed by atoms with Crippen LogP contribution >= 0.6 is 0 Å². The number of carbonyl (C=O) groups is 1. The molecule has 0 atom stereocenters. The number of para-hydroxylation sites is 2. The number of rotatable bonds is 4. The average molecular weight is 380 g/mol. The van der Waals surface area contributed by atoms with Gasteiger partial charge in [0.1, 0.15) is 6.33 Å². The third kappa shape index (κ3) is 3.17. The Bertz CT molecular complexity index is 1300. The highest BCUT2D eigenvalue weighted by Crippen LogP contribution is 2.28. The van der Waals surface area contributed by atoms with Gasteiger partial charge in [0.05, 0.1) is 22.8 Å². The summed E-state index contributed by atoms with van der Waals surface area (Å²) in [6.45, 7) is 0. The molecule has 6 heteroatoms. The van der Waals surface area contributed by atoms with Crippen molar-refractivity contribution in [1.29, 1.82) is 0 Å². The van der Waals surface area contributed by atoms with Crippen molar-refractivity contribution in [2.24, 2.45) is 0 Å². The van der Waals surface area contributed by atoms with E-state index in [4.69, 9.17) is 4.42 Å². The van der Waals surface area contributed by atoms with E-state index in [1.54, 1.807) is 23.3 Å². The van der Waals surface area contributed by atoms with Gasteiger partial charge in [-0.15, -0.1) is 0 Å². The van der Waals surface area contributed by atoms with Gasteiger partial charge >= 0.3 is 0 Å². The maximum atomic E-state index is 13.0. The monoisotopic (exact) mass is 380 g/mol. The largest absolute Gasteiger partial charge is 0.436 e. The molecule has 0 aliphatic rings. The zero-order valence-electron chi connectivity index (χ0n) is 15.3. The van der Waals surface area contributed by atoms with Gasteiger partial charge in [-0.1, -0.05) is 54.6 Å². The van der Waals surface area contributed by atoms with Crippen LogP contribution in [0.2, 0.25) is 0 Å². The second-order valence-electron chi connectivity index (χ2n) is 6.49. The van der Waals surface area contributed by atoms with Gasteiger partial charge in [-0.2, -0.15) is 0 Å². The highest BCUT2D eigenvalue weighted by molar-refractivity contribution is 6.05. The summed E-state index contributed by atoms with van der Waals surface area (Å²) >= 11 is 0. The van der Waals surface area contributed by atoms with Crippen LogP contribution < -0.4 is 5.43 Å². The molecule has 0 bridgehead atoms. The first kappa shape index (κ1) is 16.9. The number of nitrogens with one attached hydrogen (secondary N) is 1. The van der Waals surface area contributed by atoms with Gasteiger partial charge in [-0.05, 0) is 24.3 Å². The van der Waals surface area contributed by atoms with E-state index in [1.807, 2.05) is 72.8 Å². The molecule has 0 aliphatic heterocycles. The Morgan fingerprint density at radius 2 is 1.62 bits per heavy atom. The maximum Gasteiger partial charge on any atom is 0.270 e. The lowest BCUT2D eigenvalue weighted by atomic mass is 10.1. The maximum absolute atomic E-state index is 13.0. The van der Waals surface area contributed by atoms with Gasteiger partial charge < -0.3 is 4.42 Å². The first-order chi connectivity index (χ1) is 14.3. The molecule has 0 spiro atoms. The highest BCUT2D eigenvalue weighted by Gasteiger charge is 2.17. The van der Waals surface area contributed by atoms with Crippen LogP contribution in [-0.2, 0) is 0 Å². The first-order valence-electron chi connectivity index (χ1n) is 9.14. The SMILES string of the molecule is O=C(Nn1cnc2ccccc21)c1ccccc1-c1ncc(-c2ccccc2)o1. The Balaban J connectivity index is 1.48. The standard InChI is InChI=1S/C23H16N4O2/c28-22(26-27-15-25-19-12-6-7-13-20(19)27)17-10-4-5-11-18(17)23-24-14-21(29-23)16-8-2-1-3-9-16/h1-15H,(H,26,28). The summed E-state index contributed by atoms with van der Waals surface area (Å²) in [5, 5.41) is 0. The molecule has 2 aromatic heterocycles. The van der Waals surface area contributed by atoms with E-state index in [2.05, 4.69) is 15.4 Å². The van der Waals surface area contributed by atoms with Gasteiger partial charge in [0.25, 0.3) is 5.91 Å². The Morgan fingerprint density at radius 1 is 0.862 bits per heavy atom. The van der Waals surface area contributed by atoms with Crippen LogP contribution in [0, 0.1) is 0 Å². The van der Waals surface area contributed by atoms with E-state index < -0.39 is 0 Å². The summed E-state index contributed by atoms with van der Waals surface area (Å²) in [5.41, 5.74) is 6.52. The van der Waals surface area contributed by atoms with Crippen LogP contribution in [0.3, 0.4) is 0 Å². The normalized spacial score (nSPS) is 10.9. The molecule has 1 N–H and O–H groups in total. The van der Waals surface area contributed by atoms with Crippen LogP contribution in [-0.4, -0.2) is 20.6 Å². The molecule has 140 valence electrons. The number of amides is 1. The van der Waals surface area contributed by atoms with Crippen molar-refractivity contribution in [3.63, 3.8) is 0 Å². The molecule has 6 nitrogen and oxygen atoms in total. The minimum atomic E-state index is -0.275. The summed E-state index contributed by atoms with van der Waals surface area (Å²) in [6, 6.07) is 24.6. The van der Waals surface area contributed by atoms with Crippen LogP contribution in [0.25, 0.3) is 33.8 Å². The predicted molar refractivity (Wildman–Crippen MR) is 111 cm³/mol. The van der Waals surface area contributed by atoms with E-state index in [0.717, 1.165) is 16.6 Å². The minimum absolute atomic E-state index is 0.275. The van der Waals surface area contributed by atoms with Crippen molar-refractivity contribution in [3.05, 3.63) is 97.0 Å².